The van der Waals surface area contributed by atoms with Crippen molar-refractivity contribution in [2.45, 2.75) is 23.3 Å². The fourth-order valence-corrected chi connectivity index (χ4v) is 4.53. The highest BCUT2D eigenvalue weighted by Crippen LogP contribution is 2.47. The highest BCUT2D eigenvalue weighted by atomic mass is 79.9. The number of nitrogens with zero attached hydrogens (tertiary/aromatic N) is 1. The molecule has 2 atom stereocenters. The first-order valence-corrected chi connectivity index (χ1v) is 8.05. The standard InChI is InChI=1S/C13H17BrN2S/c1-16-11-3-4-15-7-10(11)9-5-8(14)6-12(17-2)13(9)16/h5-6,10-11,15H,3-4,7H2,1-2H3. The Morgan fingerprint density at radius 2 is 2.29 bits per heavy atom. The van der Waals surface area contributed by atoms with E-state index in [1.54, 1.807) is 0 Å². The summed E-state index contributed by atoms with van der Waals surface area (Å²) in [4.78, 5) is 3.89. The molecule has 2 unspecified atom stereocenters. The molecule has 2 heterocycles. The van der Waals surface area contributed by atoms with Crippen LogP contribution in [0.15, 0.2) is 21.5 Å². The van der Waals surface area contributed by atoms with E-state index in [-0.39, 0.29) is 0 Å². The molecule has 0 amide bonds. The predicted molar refractivity (Wildman–Crippen MR) is 78.3 cm³/mol. The second-order valence-electron chi connectivity index (χ2n) is 4.82. The second-order valence-corrected chi connectivity index (χ2v) is 6.59. The molecule has 0 aromatic heterocycles. The summed E-state index contributed by atoms with van der Waals surface area (Å²) in [6.07, 6.45) is 3.41. The molecule has 1 fully saturated rings. The van der Waals surface area contributed by atoms with Gasteiger partial charge in [-0.05, 0) is 36.9 Å². The van der Waals surface area contributed by atoms with Crippen LogP contribution in [-0.2, 0) is 0 Å². The lowest BCUT2D eigenvalue weighted by atomic mass is 9.90. The largest absolute Gasteiger partial charge is 0.370 e. The van der Waals surface area contributed by atoms with Gasteiger partial charge >= 0.3 is 0 Å². The van der Waals surface area contributed by atoms with Gasteiger partial charge < -0.3 is 10.2 Å². The first-order valence-electron chi connectivity index (χ1n) is 6.03. The van der Waals surface area contributed by atoms with Crippen LogP contribution < -0.4 is 10.2 Å². The molecule has 2 nitrogen and oxygen atoms in total. The first kappa shape index (κ1) is 11.9. The van der Waals surface area contributed by atoms with Gasteiger partial charge in [0.05, 0.1) is 5.69 Å². The predicted octanol–water partition coefficient (Wildman–Crippen LogP) is 3.07. The first-order chi connectivity index (χ1) is 8.22. The summed E-state index contributed by atoms with van der Waals surface area (Å²) in [6, 6.07) is 5.24. The van der Waals surface area contributed by atoms with Crippen molar-refractivity contribution in [3.05, 3.63) is 22.2 Å². The molecule has 1 saturated heterocycles. The molecule has 0 aliphatic carbocycles. The molecule has 3 rings (SSSR count). The lowest BCUT2D eigenvalue weighted by Crippen LogP contribution is -2.42. The molecule has 2 aliphatic rings. The van der Waals surface area contributed by atoms with E-state index in [4.69, 9.17) is 0 Å². The highest BCUT2D eigenvalue weighted by molar-refractivity contribution is 9.10. The molecule has 92 valence electrons. The van der Waals surface area contributed by atoms with E-state index in [1.807, 2.05) is 11.8 Å². The van der Waals surface area contributed by atoms with Gasteiger partial charge in [-0.1, -0.05) is 15.9 Å². The summed E-state index contributed by atoms with van der Waals surface area (Å²) in [7, 11) is 2.25. The molecule has 2 aliphatic heterocycles. The highest BCUT2D eigenvalue weighted by Gasteiger charge is 2.39. The van der Waals surface area contributed by atoms with Crippen LogP contribution in [0, 0.1) is 0 Å². The van der Waals surface area contributed by atoms with Crippen molar-refractivity contribution >= 4 is 33.4 Å². The Bertz CT molecular complexity index is 449. The minimum Gasteiger partial charge on any atom is -0.370 e. The third kappa shape index (κ3) is 1.81. The number of hydrogen-bond donors (Lipinski definition) is 1. The van der Waals surface area contributed by atoms with Gasteiger partial charge in [0.15, 0.2) is 0 Å². The van der Waals surface area contributed by atoms with Crippen molar-refractivity contribution in [2.75, 3.05) is 31.3 Å². The van der Waals surface area contributed by atoms with Crippen molar-refractivity contribution < 1.29 is 0 Å². The van der Waals surface area contributed by atoms with Gasteiger partial charge in [-0.15, -0.1) is 11.8 Å². The van der Waals surface area contributed by atoms with E-state index in [9.17, 15) is 0 Å². The van der Waals surface area contributed by atoms with Gasteiger partial charge in [0.25, 0.3) is 0 Å². The second kappa shape index (κ2) is 4.48. The zero-order chi connectivity index (χ0) is 12.0. The molecule has 1 aromatic rings. The molecule has 0 saturated carbocycles. The average molecular weight is 313 g/mol. The SMILES string of the molecule is CSc1cc(Br)cc2c1N(C)C1CCNCC21. The Balaban J connectivity index is 2.13. The summed E-state index contributed by atoms with van der Waals surface area (Å²) in [5, 5.41) is 3.53. The molecular formula is C13H17BrN2S. The maximum absolute atomic E-state index is 3.64. The maximum Gasteiger partial charge on any atom is 0.0541 e. The molecule has 17 heavy (non-hydrogen) atoms. The number of halogens is 1. The van der Waals surface area contributed by atoms with E-state index in [1.165, 1.54) is 27.0 Å². The van der Waals surface area contributed by atoms with Crippen LogP contribution in [0.3, 0.4) is 0 Å². The molecule has 0 spiro atoms. The number of likely N-dealkylation sites (N-methyl/N-ethyl adjacent to an activating group) is 1. The number of thioether (sulfide) groups is 1. The van der Waals surface area contributed by atoms with Crippen LogP contribution in [0.25, 0.3) is 0 Å². The average Bonchev–Trinajstić information content (AvgIpc) is 2.63. The van der Waals surface area contributed by atoms with Crippen LogP contribution in [-0.4, -0.2) is 32.4 Å². The molecular weight excluding hydrogens is 296 g/mol. The number of piperidine rings is 1. The lowest BCUT2D eigenvalue weighted by molar-refractivity contribution is 0.413. The number of fused-ring (bicyclic) bond motifs is 3. The van der Waals surface area contributed by atoms with Gasteiger partial charge in [0.1, 0.15) is 0 Å². The smallest absolute Gasteiger partial charge is 0.0541 e. The summed E-state index contributed by atoms with van der Waals surface area (Å²) < 4.78 is 1.21. The quantitative estimate of drug-likeness (QED) is 0.802. The zero-order valence-electron chi connectivity index (χ0n) is 10.2. The third-order valence-corrected chi connectivity index (χ3v) is 5.19. The van der Waals surface area contributed by atoms with Crippen molar-refractivity contribution in [3.8, 4) is 0 Å². The Hall–Kier alpha value is -0.190. The van der Waals surface area contributed by atoms with Crippen molar-refractivity contribution in [3.63, 3.8) is 0 Å². The molecule has 0 bridgehead atoms. The van der Waals surface area contributed by atoms with E-state index in [2.05, 4.69) is 51.6 Å². The van der Waals surface area contributed by atoms with E-state index >= 15 is 0 Å². The van der Waals surface area contributed by atoms with Gasteiger partial charge in [-0.3, -0.25) is 0 Å². The van der Waals surface area contributed by atoms with E-state index in [0.29, 0.717) is 12.0 Å². The molecule has 4 heteroatoms. The van der Waals surface area contributed by atoms with Crippen LogP contribution in [0.2, 0.25) is 0 Å². The molecule has 1 N–H and O–H groups in total. The van der Waals surface area contributed by atoms with E-state index < -0.39 is 0 Å². The fraction of sp³-hybridized carbons (Fsp3) is 0.538. The summed E-state index contributed by atoms with van der Waals surface area (Å²) in [5.74, 6) is 0.659. The maximum atomic E-state index is 3.64. The van der Waals surface area contributed by atoms with Crippen LogP contribution in [0.5, 0.6) is 0 Å². The minimum absolute atomic E-state index is 0.659. The Morgan fingerprint density at radius 1 is 1.47 bits per heavy atom. The lowest BCUT2D eigenvalue weighted by Gasteiger charge is -2.31. The molecule has 0 radical (unpaired) electrons. The van der Waals surface area contributed by atoms with Gasteiger partial charge in [0, 0.05) is 34.9 Å². The summed E-state index contributed by atoms with van der Waals surface area (Å²) in [6.45, 7) is 2.27. The topological polar surface area (TPSA) is 15.3 Å². The van der Waals surface area contributed by atoms with Crippen LogP contribution in [0.4, 0.5) is 5.69 Å². The monoisotopic (exact) mass is 312 g/mol. The van der Waals surface area contributed by atoms with Gasteiger partial charge in [0.2, 0.25) is 0 Å². The number of rotatable bonds is 1. The normalized spacial score (nSPS) is 26.9. The van der Waals surface area contributed by atoms with Gasteiger partial charge in [-0.2, -0.15) is 0 Å². The van der Waals surface area contributed by atoms with Crippen molar-refractivity contribution in [1.29, 1.82) is 0 Å². The summed E-state index contributed by atoms with van der Waals surface area (Å²) >= 11 is 5.49. The Kier molecular flexibility index (Phi) is 3.13. The third-order valence-electron chi connectivity index (χ3n) is 3.98. The van der Waals surface area contributed by atoms with Crippen LogP contribution in [0.1, 0.15) is 17.9 Å². The Morgan fingerprint density at radius 3 is 3.06 bits per heavy atom. The van der Waals surface area contributed by atoms with E-state index in [0.717, 1.165) is 13.1 Å². The summed E-state index contributed by atoms with van der Waals surface area (Å²) in [5.41, 5.74) is 2.97. The minimum atomic E-state index is 0.659. The fourth-order valence-electron chi connectivity index (χ4n) is 3.20. The number of anilines is 1. The van der Waals surface area contributed by atoms with Crippen LogP contribution >= 0.6 is 27.7 Å². The molecule has 1 aromatic carbocycles. The van der Waals surface area contributed by atoms with Crippen molar-refractivity contribution in [2.24, 2.45) is 0 Å². The number of hydrogen-bond acceptors (Lipinski definition) is 3. The number of benzene rings is 1. The Labute approximate surface area is 115 Å². The zero-order valence-corrected chi connectivity index (χ0v) is 12.6. The van der Waals surface area contributed by atoms with Gasteiger partial charge in [-0.25, -0.2) is 0 Å². The number of nitrogens with one attached hydrogen (secondary N) is 1. The van der Waals surface area contributed by atoms with Crippen molar-refractivity contribution in [1.82, 2.24) is 5.32 Å².